The monoisotopic (exact) mass is 431 g/mol. The third-order valence-electron chi connectivity index (χ3n) is 4.64. The number of allylic oxidation sites excluding steroid dienone is 2. The number of Topliss-reactive ketones (excluding diaryl/α,β-unsaturated/α-hetero) is 1. The number of ether oxygens (including phenoxy) is 4. The summed E-state index contributed by atoms with van der Waals surface area (Å²) in [5, 5.41) is 2.87. The van der Waals surface area contributed by atoms with Crippen LogP contribution in [0.3, 0.4) is 0 Å². The molecule has 9 nitrogen and oxygen atoms in total. The van der Waals surface area contributed by atoms with Gasteiger partial charge in [-0.3, -0.25) is 9.59 Å². The molecule has 0 saturated carbocycles. The van der Waals surface area contributed by atoms with Crippen LogP contribution in [0.15, 0.2) is 46.8 Å². The van der Waals surface area contributed by atoms with Crippen molar-refractivity contribution in [2.24, 2.45) is 5.92 Å². The summed E-state index contributed by atoms with van der Waals surface area (Å²) in [4.78, 5) is 50.0. The van der Waals surface area contributed by atoms with Crippen LogP contribution in [-0.4, -0.2) is 51.1 Å². The number of benzene rings is 1. The highest BCUT2D eigenvalue weighted by Gasteiger charge is 2.42. The van der Waals surface area contributed by atoms with Crippen molar-refractivity contribution in [2.75, 3.05) is 27.4 Å². The highest BCUT2D eigenvalue weighted by atomic mass is 16.5. The summed E-state index contributed by atoms with van der Waals surface area (Å²) in [6.45, 7) is 4.89. The molecule has 2 rings (SSSR count). The predicted molar refractivity (Wildman–Crippen MR) is 109 cm³/mol. The number of rotatable bonds is 8. The summed E-state index contributed by atoms with van der Waals surface area (Å²) in [5.41, 5.74) is 0.800. The molecule has 1 aromatic rings. The Bertz CT molecular complexity index is 905. The largest absolute Gasteiger partial charge is 0.494 e. The molecule has 1 heterocycles. The average Bonchev–Trinajstić information content (AvgIpc) is 2.76. The number of ketones is 1. The molecular formula is C22H25NO8. The first-order valence-electron chi connectivity index (χ1n) is 9.52. The van der Waals surface area contributed by atoms with E-state index in [9.17, 15) is 19.2 Å². The highest BCUT2D eigenvalue weighted by molar-refractivity contribution is 6.06. The topological polar surface area (TPSA) is 117 Å². The van der Waals surface area contributed by atoms with E-state index in [2.05, 4.69) is 5.32 Å². The standard InChI is InChI=1S/C22H25NO8/c1-6-30-15-9-7-14(8-10-15)16(24)11-31-22(27)19-17(20(25)28-4)12(2)23-13(3)18(19)21(26)29-5/h7-10,19,23H,6,11H2,1-5H3. The number of methoxy groups -OCH3 is 2. The number of esters is 3. The van der Waals surface area contributed by atoms with Gasteiger partial charge < -0.3 is 24.3 Å². The molecule has 0 aliphatic carbocycles. The molecule has 0 atom stereocenters. The number of dihydropyridines is 1. The van der Waals surface area contributed by atoms with Crippen molar-refractivity contribution in [2.45, 2.75) is 20.8 Å². The van der Waals surface area contributed by atoms with E-state index in [0.29, 0.717) is 29.3 Å². The Morgan fingerprint density at radius 3 is 1.87 bits per heavy atom. The van der Waals surface area contributed by atoms with Gasteiger partial charge in [0.25, 0.3) is 0 Å². The van der Waals surface area contributed by atoms with Crippen molar-refractivity contribution in [1.29, 1.82) is 0 Å². The maximum Gasteiger partial charge on any atom is 0.336 e. The minimum atomic E-state index is -1.39. The zero-order valence-electron chi connectivity index (χ0n) is 18.1. The fourth-order valence-corrected chi connectivity index (χ4v) is 3.20. The van der Waals surface area contributed by atoms with Crippen LogP contribution in [0.2, 0.25) is 0 Å². The molecule has 0 amide bonds. The van der Waals surface area contributed by atoms with Gasteiger partial charge in [-0.2, -0.15) is 0 Å². The fraction of sp³-hybridized carbons (Fsp3) is 0.364. The summed E-state index contributed by atoms with van der Waals surface area (Å²) in [6, 6.07) is 6.38. The van der Waals surface area contributed by atoms with Gasteiger partial charge in [-0.25, -0.2) is 9.59 Å². The highest BCUT2D eigenvalue weighted by Crippen LogP contribution is 2.32. The van der Waals surface area contributed by atoms with E-state index >= 15 is 0 Å². The molecule has 9 heteroatoms. The first-order chi connectivity index (χ1) is 14.7. The van der Waals surface area contributed by atoms with Gasteiger partial charge in [0.15, 0.2) is 12.4 Å². The molecule has 0 bridgehead atoms. The van der Waals surface area contributed by atoms with E-state index in [-0.39, 0.29) is 11.1 Å². The quantitative estimate of drug-likeness (QED) is 0.374. The molecule has 0 fully saturated rings. The Labute approximate surface area is 180 Å². The number of nitrogens with one attached hydrogen (secondary N) is 1. The molecule has 166 valence electrons. The lowest BCUT2D eigenvalue weighted by Crippen LogP contribution is -2.38. The molecule has 1 aromatic carbocycles. The van der Waals surface area contributed by atoms with Crippen molar-refractivity contribution in [1.82, 2.24) is 5.32 Å². The van der Waals surface area contributed by atoms with Crippen molar-refractivity contribution in [3.8, 4) is 5.75 Å². The lowest BCUT2D eigenvalue weighted by atomic mass is 9.85. The number of carbonyl (C=O) groups is 4. The minimum absolute atomic E-state index is 0.0907. The van der Waals surface area contributed by atoms with Crippen LogP contribution in [0, 0.1) is 5.92 Å². The molecule has 1 N–H and O–H groups in total. The molecule has 0 spiro atoms. The Morgan fingerprint density at radius 1 is 0.903 bits per heavy atom. The Kier molecular flexibility index (Phi) is 7.95. The van der Waals surface area contributed by atoms with E-state index < -0.39 is 36.2 Å². The second-order valence-corrected chi connectivity index (χ2v) is 6.61. The van der Waals surface area contributed by atoms with Crippen molar-refractivity contribution < 1.29 is 38.1 Å². The minimum Gasteiger partial charge on any atom is -0.494 e. The van der Waals surface area contributed by atoms with E-state index in [4.69, 9.17) is 18.9 Å². The first-order valence-corrected chi connectivity index (χ1v) is 9.52. The predicted octanol–water partition coefficient (Wildman–Crippen LogP) is 1.92. The van der Waals surface area contributed by atoms with Gasteiger partial charge in [0, 0.05) is 17.0 Å². The van der Waals surface area contributed by atoms with E-state index in [1.54, 1.807) is 38.1 Å². The molecule has 1 aliphatic rings. The molecule has 0 radical (unpaired) electrons. The maximum absolute atomic E-state index is 12.9. The third kappa shape index (κ3) is 5.30. The number of carbonyl (C=O) groups excluding carboxylic acids is 4. The normalized spacial score (nSPS) is 14.0. The summed E-state index contributed by atoms with van der Waals surface area (Å²) >= 11 is 0. The Balaban J connectivity index is 2.25. The van der Waals surface area contributed by atoms with Crippen molar-refractivity contribution >= 4 is 23.7 Å². The zero-order valence-corrected chi connectivity index (χ0v) is 18.1. The Hall–Kier alpha value is -3.62. The average molecular weight is 431 g/mol. The van der Waals surface area contributed by atoms with Crippen LogP contribution in [0.25, 0.3) is 0 Å². The molecule has 31 heavy (non-hydrogen) atoms. The Morgan fingerprint density at radius 2 is 1.42 bits per heavy atom. The van der Waals surface area contributed by atoms with Gasteiger partial charge >= 0.3 is 17.9 Å². The van der Waals surface area contributed by atoms with Crippen LogP contribution in [0.4, 0.5) is 0 Å². The maximum atomic E-state index is 12.9. The van der Waals surface area contributed by atoms with Gasteiger partial charge in [-0.1, -0.05) is 0 Å². The summed E-state index contributed by atoms with van der Waals surface area (Å²) in [7, 11) is 2.31. The summed E-state index contributed by atoms with van der Waals surface area (Å²) in [5.74, 6) is -3.80. The fourth-order valence-electron chi connectivity index (χ4n) is 3.20. The van der Waals surface area contributed by atoms with Gasteiger partial charge in [-0.05, 0) is 45.0 Å². The van der Waals surface area contributed by atoms with Gasteiger partial charge in [-0.15, -0.1) is 0 Å². The third-order valence-corrected chi connectivity index (χ3v) is 4.64. The number of hydrogen-bond donors (Lipinski definition) is 1. The molecular weight excluding hydrogens is 406 g/mol. The smallest absolute Gasteiger partial charge is 0.336 e. The van der Waals surface area contributed by atoms with Gasteiger partial charge in [0.2, 0.25) is 0 Å². The van der Waals surface area contributed by atoms with E-state index in [0.717, 1.165) is 14.2 Å². The SMILES string of the molecule is CCOc1ccc(C(=O)COC(=O)C2C(C(=O)OC)=C(C)NC(C)=C2C(=O)OC)cc1. The first kappa shape index (κ1) is 23.7. The summed E-state index contributed by atoms with van der Waals surface area (Å²) < 4.78 is 20.0. The molecule has 1 aliphatic heterocycles. The lowest BCUT2D eigenvalue weighted by Gasteiger charge is -2.28. The molecule has 0 saturated heterocycles. The lowest BCUT2D eigenvalue weighted by molar-refractivity contribution is -0.150. The van der Waals surface area contributed by atoms with Crippen LogP contribution in [-0.2, 0) is 28.6 Å². The van der Waals surface area contributed by atoms with E-state index in [1.165, 1.54) is 0 Å². The van der Waals surface area contributed by atoms with Gasteiger partial charge in [0.05, 0.1) is 32.0 Å². The zero-order chi connectivity index (χ0) is 23.1. The van der Waals surface area contributed by atoms with Crippen molar-refractivity contribution in [3.63, 3.8) is 0 Å². The second kappa shape index (κ2) is 10.4. The second-order valence-electron chi connectivity index (χ2n) is 6.61. The van der Waals surface area contributed by atoms with Crippen LogP contribution >= 0.6 is 0 Å². The van der Waals surface area contributed by atoms with Crippen molar-refractivity contribution in [3.05, 3.63) is 52.4 Å². The van der Waals surface area contributed by atoms with Crippen LogP contribution < -0.4 is 10.1 Å². The van der Waals surface area contributed by atoms with E-state index in [1.807, 2.05) is 6.92 Å². The van der Waals surface area contributed by atoms with Gasteiger partial charge in [0.1, 0.15) is 11.7 Å². The molecule has 0 unspecified atom stereocenters. The molecule has 0 aromatic heterocycles. The summed E-state index contributed by atoms with van der Waals surface area (Å²) in [6.07, 6.45) is 0. The van der Waals surface area contributed by atoms with Crippen LogP contribution in [0.5, 0.6) is 5.75 Å². The number of hydrogen-bond acceptors (Lipinski definition) is 9. The van der Waals surface area contributed by atoms with Crippen LogP contribution in [0.1, 0.15) is 31.1 Å².